The van der Waals surface area contributed by atoms with E-state index >= 15 is 0 Å². The lowest BCUT2D eigenvalue weighted by atomic mass is 9.97. The molecule has 0 bridgehead atoms. The van der Waals surface area contributed by atoms with Crippen molar-refractivity contribution in [3.8, 4) is 11.1 Å². The zero-order chi connectivity index (χ0) is 18.9. The molecule has 26 heavy (non-hydrogen) atoms. The number of carbonyl (C=O) groups is 2. The molecule has 7 heteroatoms. The van der Waals surface area contributed by atoms with Gasteiger partial charge >= 0.3 is 12.1 Å². The van der Waals surface area contributed by atoms with Crippen molar-refractivity contribution in [1.29, 1.82) is 0 Å². The summed E-state index contributed by atoms with van der Waals surface area (Å²) in [5, 5.41) is 0. The first-order valence-electron chi connectivity index (χ1n) is 8.01. The Kier molecular flexibility index (Phi) is 4.71. The second kappa shape index (κ2) is 6.82. The van der Waals surface area contributed by atoms with Crippen molar-refractivity contribution in [2.24, 2.45) is 0 Å². The standard InChI is InChI=1S/C19H16F3NO3/c1-26-18(25)13-6-4-12(5-7-13)15-9-8-14(11-16(15)19(20,21)22)23-10-2-3-17(23)24/h4-9,11H,2-3,10H2,1H3. The van der Waals surface area contributed by atoms with Gasteiger partial charge in [-0.15, -0.1) is 0 Å². The molecule has 0 saturated carbocycles. The summed E-state index contributed by atoms with van der Waals surface area (Å²) in [6.45, 7) is 0.420. The molecule has 0 N–H and O–H groups in total. The zero-order valence-corrected chi connectivity index (χ0v) is 14.0. The molecule has 1 aliphatic rings. The number of hydrogen-bond donors (Lipinski definition) is 0. The number of rotatable bonds is 3. The Morgan fingerprint density at radius 3 is 2.35 bits per heavy atom. The summed E-state index contributed by atoms with van der Waals surface area (Å²) in [4.78, 5) is 24.7. The van der Waals surface area contributed by atoms with E-state index in [1.807, 2.05) is 0 Å². The second-order valence-corrected chi connectivity index (χ2v) is 5.95. The number of halogens is 3. The first-order valence-corrected chi connectivity index (χ1v) is 8.01. The number of carbonyl (C=O) groups excluding carboxylic acids is 2. The summed E-state index contributed by atoms with van der Waals surface area (Å²) in [5.74, 6) is -0.733. The maximum Gasteiger partial charge on any atom is 0.417 e. The smallest absolute Gasteiger partial charge is 0.417 e. The predicted octanol–water partition coefficient (Wildman–Crippen LogP) is 4.29. The monoisotopic (exact) mass is 363 g/mol. The molecule has 0 spiro atoms. The first-order chi connectivity index (χ1) is 12.3. The van der Waals surface area contributed by atoms with Crippen molar-refractivity contribution >= 4 is 17.6 Å². The highest BCUT2D eigenvalue weighted by Crippen LogP contribution is 2.40. The van der Waals surface area contributed by atoms with Crippen LogP contribution in [0.15, 0.2) is 42.5 Å². The van der Waals surface area contributed by atoms with E-state index in [4.69, 9.17) is 0 Å². The van der Waals surface area contributed by atoms with Crippen molar-refractivity contribution in [3.63, 3.8) is 0 Å². The molecule has 4 nitrogen and oxygen atoms in total. The summed E-state index contributed by atoms with van der Waals surface area (Å²) < 4.78 is 45.3. The van der Waals surface area contributed by atoms with Gasteiger partial charge in [0.2, 0.25) is 5.91 Å². The third-order valence-electron chi connectivity index (χ3n) is 4.31. The van der Waals surface area contributed by atoms with E-state index in [2.05, 4.69) is 4.74 Å². The largest absolute Gasteiger partial charge is 0.465 e. The third kappa shape index (κ3) is 3.42. The van der Waals surface area contributed by atoms with E-state index in [1.54, 1.807) is 0 Å². The van der Waals surface area contributed by atoms with Crippen molar-refractivity contribution in [2.45, 2.75) is 19.0 Å². The van der Waals surface area contributed by atoms with Crippen LogP contribution in [0.4, 0.5) is 18.9 Å². The summed E-state index contributed by atoms with van der Waals surface area (Å²) >= 11 is 0. The minimum atomic E-state index is -4.57. The Balaban J connectivity index is 2.03. The topological polar surface area (TPSA) is 46.6 Å². The number of esters is 1. The Bertz CT molecular complexity index is 844. The van der Waals surface area contributed by atoms with Crippen LogP contribution in [0, 0.1) is 0 Å². The van der Waals surface area contributed by atoms with Gasteiger partial charge in [-0.2, -0.15) is 13.2 Å². The molecule has 0 unspecified atom stereocenters. The normalized spacial score (nSPS) is 14.6. The molecule has 1 saturated heterocycles. The SMILES string of the molecule is COC(=O)c1ccc(-c2ccc(N3CCCC3=O)cc2C(F)(F)F)cc1. The van der Waals surface area contributed by atoms with Gasteiger partial charge in [-0.1, -0.05) is 18.2 Å². The van der Waals surface area contributed by atoms with E-state index in [9.17, 15) is 22.8 Å². The van der Waals surface area contributed by atoms with E-state index in [0.29, 0.717) is 24.9 Å². The fourth-order valence-corrected chi connectivity index (χ4v) is 3.01. The van der Waals surface area contributed by atoms with Crippen molar-refractivity contribution in [3.05, 3.63) is 53.6 Å². The molecule has 2 aromatic rings. The molecule has 1 aliphatic heterocycles. The Morgan fingerprint density at radius 2 is 1.81 bits per heavy atom. The van der Waals surface area contributed by atoms with Gasteiger partial charge in [0.25, 0.3) is 0 Å². The average molecular weight is 363 g/mol. The molecular formula is C19H16F3NO3. The molecule has 1 heterocycles. The van der Waals surface area contributed by atoms with Crippen LogP contribution in [0.1, 0.15) is 28.8 Å². The Hall–Kier alpha value is -2.83. The number of hydrogen-bond acceptors (Lipinski definition) is 3. The maximum atomic E-state index is 13.6. The van der Waals surface area contributed by atoms with Crippen molar-refractivity contribution in [2.75, 3.05) is 18.6 Å². The molecule has 0 aliphatic carbocycles. The highest BCUT2D eigenvalue weighted by molar-refractivity contribution is 5.96. The zero-order valence-electron chi connectivity index (χ0n) is 14.0. The van der Waals surface area contributed by atoms with Gasteiger partial charge < -0.3 is 9.64 Å². The van der Waals surface area contributed by atoms with Crippen LogP contribution >= 0.6 is 0 Å². The van der Waals surface area contributed by atoms with Gasteiger partial charge in [-0.05, 0) is 41.8 Å². The van der Waals surface area contributed by atoms with E-state index in [0.717, 1.165) is 6.07 Å². The quantitative estimate of drug-likeness (QED) is 0.765. The van der Waals surface area contributed by atoms with Crippen LogP contribution in [-0.4, -0.2) is 25.5 Å². The third-order valence-corrected chi connectivity index (χ3v) is 4.31. The molecular weight excluding hydrogens is 347 g/mol. The highest BCUT2D eigenvalue weighted by Gasteiger charge is 2.35. The number of alkyl halides is 3. The van der Waals surface area contributed by atoms with Gasteiger partial charge in [0.05, 0.1) is 18.2 Å². The molecule has 3 rings (SSSR count). The van der Waals surface area contributed by atoms with Crippen molar-refractivity contribution < 1.29 is 27.5 Å². The Morgan fingerprint density at radius 1 is 1.12 bits per heavy atom. The molecule has 0 aromatic heterocycles. The van der Waals surface area contributed by atoms with Gasteiger partial charge in [-0.25, -0.2) is 4.79 Å². The maximum absolute atomic E-state index is 13.6. The summed E-state index contributed by atoms with van der Waals surface area (Å²) in [6.07, 6.45) is -3.59. The molecule has 1 amide bonds. The lowest BCUT2D eigenvalue weighted by molar-refractivity contribution is -0.137. The van der Waals surface area contributed by atoms with Crippen LogP contribution < -0.4 is 4.90 Å². The summed E-state index contributed by atoms with van der Waals surface area (Å²) in [5.41, 5.74) is -0.00652. The summed E-state index contributed by atoms with van der Waals surface area (Å²) in [6, 6.07) is 9.60. The Labute approximate surface area is 148 Å². The number of amides is 1. The van der Waals surface area contributed by atoms with E-state index < -0.39 is 17.7 Å². The van der Waals surface area contributed by atoms with Gasteiger partial charge in [-0.3, -0.25) is 4.79 Å². The number of benzene rings is 2. The average Bonchev–Trinajstić information content (AvgIpc) is 3.06. The van der Waals surface area contributed by atoms with Gasteiger partial charge in [0.1, 0.15) is 0 Å². The predicted molar refractivity (Wildman–Crippen MR) is 89.8 cm³/mol. The lowest BCUT2D eigenvalue weighted by Gasteiger charge is -2.20. The van der Waals surface area contributed by atoms with Gasteiger partial charge in [0, 0.05) is 18.7 Å². The molecule has 1 fully saturated rings. The number of ether oxygens (including phenoxy) is 1. The number of anilines is 1. The van der Waals surface area contributed by atoms with Gasteiger partial charge in [0.15, 0.2) is 0 Å². The number of nitrogens with zero attached hydrogens (tertiary/aromatic N) is 1. The highest BCUT2D eigenvalue weighted by atomic mass is 19.4. The number of methoxy groups -OCH3 is 1. The van der Waals surface area contributed by atoms with E-state index in [1.165, 1.54) is 48.4 Å². The molecule has 136 valence electrons. The van der Waals surface area contributed by atoms with Crippen molar-refractivity contribution in [1.82, 2.24) is 0 Å². The molecule has 2 aromatic carbocycles. The fourth-order valence-electron chi connectivity index (χ4n) is 3.01. The van der Waals surface area contributed by atoms with E-state index in [-0.39, 0.29) is 22.7 Å². The van der Waals surface area contributed by atoms with Crippen LogP contribution in [-0.2, 0) is 15.7 Å². The molecule has 0 atom stereocenters. The van der Waals surface area contributed by atoms with Crippen LogP contribution in [0.3, 0.4) is 0 Å². The summed E-state index contributed by atoms with van der Waals surface area (Å²) in [7, 11) is 1.23. The van der Waals surface area contributed by atoms with Crippen LogP contribution in [0.25, 0.3) is 11.1 Å². The lowest BCUT2D eigenvalue weighted by Crippen LogP contribution is -2.24. The molecule has 0 radical (unpaired) electrons. The minimum Gasteiger partial charge on any atom is -0.465 e. The fraction of sp³-hybridized carbons (Fsp3) is 0.263. The minimum absolute atomic E-state index is 0.00990. The first kappa shape index (κ1) is 18.0. The van der Waals surface area contributed by atoms with Crippen LogP contribution in [0.2, 0.25) is 0 Å². The second-order valence-electron chi connectivity index (χ2n) is 5.95. The van der Waals surface area contributed by atoms with Crippen LogP contribution in [0.5, 0.6) is 0 Å².